The normalized spacial score (nSPS) is 21.9. The molecule has 3 atom stereocenters. The Morgan fingerprint density at radius 1 is 0.559 bits per heavy atom. The Kier molecular flexibility index (Phi) is 7.74. The second-order valence-electron chi connectivity index (χ2n) is 16.5. The van der Waals surface area contributed by atoms with E-state index < -0.39 is 5.41 Å². The Bertz CT molecular complexity index is 2950. The van der Waals surface area contributed by atoms with Gasteiger partial charge in [0.2, 0.25) is 0 Å². The highest BCUT2D eigenvalue weighted by Crippen LogP contribution is 2.74. The van der Waals surface area contributed by atoms with Gasteiger partial charge in [0.05, 0.1) is 16.8 Å². The number of hydrogen-bond acceptors (Lipinski definition) is 3. The number of nitrogens with zero attached hydrogens (tertiary/aromatic N) is 2. The summed E-state index contributed by atoms with van der Waals surface area (Å²) < 4.78 is 0. The molecule has 2 nitrogen and oxygen atoms in total. The molecule has 12 rings (SSSR count). The van der Waals surface area contributed by atoms with E-state index in [0.29, 0.717) is 5.25 Å². The maximum Gasteiger partial charge on any atom is 0.0799 e. The van der Waals surface area contributed by atoms with Crippen LogP contribution in [-0.4, -0.2) is 5.25 Å². The molecule has 1 aliphatic heterocycles. The highest BCUT2D eigenvalue weighted by Gasteiger charge is 2.62. The predicted octanol–water partition coefficient (Wildman–Crippen LogP) is 14.9. The highest BCUT2D eigenvalue weighted by molar-refractivity contribution is 8.04. The topological polar surface area (TPSA) is 6.48 Å². The average Bonchev–Trinajstić information content (AvgIpc) is 3.89. The molecule has 0 amide bonds. The largest absolute Gasteiger partial charge is 0.314 e. The maximum atomic E-state index is 2.61. The first kappa shape index (κ1) is 34.5. The van der Waals surface area contributed by atoms with Crippen molar-refractivity contribution in [1.29, 1.82) is 0 Å². The van der Waals surface area contributed by atoms with Crippen LogP contribution < -0.4 is 9.80 Å². The van der Waals surface area contributed by atoms with Crippen molar-refractivity contribution in [1.82, 2.24) is 0 Å². The Hall–Kier alpha value is -6.55. The second-order valence-corrected chi connectivity index (χ2v) is 17.6. The highest BCUT2D eigenvalue weighted by atomic mass is 32.2. The van der Waals surface area contributed by atoms with Crippen molar-refractivity contribution in [3.63, 3.8) is 0 Å². The Labute approximate surface area is 350 Å². The molecule has 0 bridgehead atoms. The molecule has 0 fully saturated rings. The van der Waals surface area contributed by atoms with E-state index in [1.54, 1.807) is 0 Å². The van der Waals surface area contributed by atoms with E-state index in [9.17, 15) is 0 Å². The minimum atomic E-state index is -0.526. The summed E-state index contributed by atoms with van der Waals surface area (Å²) in [5, 5.41) is 2.78. The number of thioether (sulfide) groups is 1. The summed E-state index contributed by atoms with van der Waals surface area (Å²) in [6, 6.07) is 65.0. The molecular formula is C56H42N2S. The maximum absolute atomic E-state index is 2.61. The van der Waals surface area contributed by atoms with E-state index >= 15 is 0 Å². The van der Waals surface area contributed by atoms with Crippen LogP contribution in [-0.2, 0) is 5.41 Å². The molecule has 0 saturated carbocycles. The zero-order chi connectivity index (χ0) is 39.1. The Morgan fingerprint density at radius 2 is 1.17 bits per heavy atom. The zero-order valence-electron chi connectivity index (χ0n) is 32.9. The van der Waals surface area contributed by atoms with Crippen LogP contribution in [0.5, 0.6) is 0 Å². The lowest BCUT2D eigenvalue weighted by atomic mass is 9.71. The monoisotopic (exact) mass is 774 g/mol. The van der Waals surface area contributed by atoms with Gasteiger partial charge in [-0.2, -0.15) is 0 Å². The minimum absolute atomic E-state index is 0.164. The first-order chi connectivity index (χ1) is 29.2. The number of rotatable bonds is 6. The molecule has 0 N–H and O–H groups in total. The molecule has 3 unspecified atom stereocenters. The van der Waals surface area contributed by atoms with Crippen molar-refractivity contribution in [3.8, 4) is 0 Å². The third-order valence-electron chi connectivity index (χ3n) is 13.4. The Balaban J connectivity index is 1.19. The lowest BCUT2D eigenvalue weighted by Crippen LogP contribution is -2.32. The molecule has 7 aromatic carbocycles. The lowest BCUT2D eigenvalue weighted by Gasteiger charge is -2.40. The van der Waals surface area contributed by atoms with Gasteiger partial charge >= 0.3 is 0 Å². The fourth-order valence-corrected chi connectivity index (χ4v) is 12.7. The van der Waals surface area contributed by atoms with Gasteiger partial charge in [0.1, 0.15) is 0 Å². The van der Waals surface area contributed by atoms with Crippen LogP contribution >= 0.6 is 11.8 Å². The number of para-hydroxylation sites is 3. The van der Waals surface area contributed by atoms with E-state index in [1.165, 1.54) is 83.1 Å². The molecule has 7 aromatic rings. The summed E-state index contributed by atoms with van der Waals surface area (Å²) in [5.41, 5.74) is 16.5. The van der Waals surface area contributed by atoms with Crippen molar-refractivity contribution in [2.75, 3.05) is 9.80 Å². The average molecular weight is 775 g/mol. The van der Waals surface area contributed by atoms with Gasteiger partial charge in [-0.3, -0.25) is 0 Å². The summed E-state index contributed by atoms with van der Waals surface area (Å²) in [4.78, 5) is 6.54. The summed E-state index contributed by atoms with van der Waals surface area (Å²) in [5.74, 6) is 0. The third-order valence-corrected chi connectivity index (χ3v) is 15.0. The molecule has 1 heterocycles. The van der Waals surface area contributed by atoms with Crippen molar-refractivity contribution in [3.05, 3.63) is 245 Å². The van der Waals surface area contributed by atoms with Crippen LogP contribution in [0.15, 0.2) is 222 Å². The van der Waals surface area contributed by atoms with Crippen molar-refractivity contribution < 1.29 is 0 Å². The van der Waals surface area contributed by atoms with E-state index in [4.69, 9.17) is 0 Å². The molecule has 5 aliphatic rings. The number of benzene rings is 7. The van der Waals surface area contributed by atoms with Crippen molar-refractivity contribution in [2.45, 2.75) is 30.4 Å². The van der Waals surface area contributed by atoms with Gasteiger partial charge in [0.25, 0.3) is 0 Å². The fourth-order valence-electron chi connectivity index (χ4n) is 10.9. The molecule has 59 heavy (non-hydrogen) atoms. The molecule has 282 valence electrons. The molecule has 0 radical (unpaired) electrons. The van der Waals surface area contributed by atoms with Crippen LogP contribution in [0.25, 0.3) is 21.9 Å². The summed E-state index contributed by atoms with van der Waals surface area (Å²) in [7, 11) is 0. The summed E-state index contributed by atoms with van der Waals surface area (Å²) >= 11 is 2.10. The van der Waals surface area contributed by atoms with E-state index in [-0.39, 0.29) is 5.41 Å². The molecule has 3 heteroatoms. The van der Waals surface area contributed by atoms with Gasteiger partial charge in [-0.25, -0.2) is 0 Å². The van der Waals surface area contributed by atoms with Crippen LogP contribution in [0.2, 0.25) is 0 Å². The van der Waals surface area contributed by atoms with Crippen LogP contribution in [0, 0.1) is 5.41 Å². The standard InChI is InChI=1S/C56H42N2S/c1-55-36-16-15-33-51(55)59-54-53(55)46-29-18-32-50(58(41-25-9-4-10-26-41)49-31-17-20-38-19-11-12-27-43(38)49)52(46)56(54)47-30-14-13-28-44(47)45-35-34-42(37-48(45)56)57(39-21-5-2-6-22-39)40-23-7-3-8-24-40/h2-33,36-37,51H,34-35H2,1H3. The first-order valence-corrected chi connectivity index (χ1v) is 21.7. The molecule has 0 aromatic heterocycles. The smallest absolute Gasteiger partial charge is 0.0799 e. The van der Waals surface area contributed by atoms with E-state index in [1.807, 2.05) is 0 Å². The molecular weight excluding hydrogens is 733 g/mol. The first-order valence-electron chi connectivity index (χ1n) is 20.9. The van der Waals surface area contributed by atoms with E-state index in [2.05, 4.69) is 235 Å². The van der Waals surface area contributed by atoms with Gasteiger partial charge in [0, 0.05) is 49.3 Å². The van der Waals surface area contributed by atoms with Gasteiger partial charge < -0.3 is 9.80 Å². The van der Waals surface area contributed by atoms with Crippen LogP contribution in [0.4, 0.5) is 28.4 Å². The molecule has 4 aliphatic carbocycles. The zero-order valence-corrected chi connectivity index (χ0v) is 33.7. The van der Waals surface area contributed by atoms with Gasteiger partial charge in [-0.15, -0.1) is 11.8 Å². The van der Waals surface area contributed by atoms with Crippen molar-refractivity contribution >= 4 is 62.1 Å². The predicted molar refractivity (Wildman–Crippen MR) is 250 cm³/mol. The lowest BCUT2D eigenvalue weighted by molar-refractivity contribution is 0.601. The number of fused-ring (bicyclic) bond motifs is 11. The number of anilines is 5. The summed E-state index contributed by atoms with van der Waals surface area (Å²) in [6.07, 6.45) is 14.0. The quantitative estimate of drug-likeness (QED) is 0.166. The van der Waals surface area contributed by atoms with Crippen LogP contribution in [0.3, 0.4) is 0 Å². The van der Waals surface area contributed by atoms with Gasteiger partial charge in [-0.1, -0.05) is 159 Å². The minimum Gasteiger partial charge on any atom is -0.314 e. The van der Waals surface area contributed by atoms with Gasteiger partial charge in [-0.05, 0) is 106 Å². The summed E-state index contributed by atoms with van der Waals surface area (Å²) in [6.45, 7) is 2.48. The number of allylic oxidation sites excluding steroid dienone is 9. The molecule has 1 spiro atoms. The van der Waals surface area contributed by atoms with E-state index in [0.717, 1.165) is 18.5 Å². The fraction of sp³-hybridized carbons (Fsp3) is 0.107. The number of hydrogen-bond donors (Lipinski definition) is 0. The van der Waals surface area contributed by atoms with Gasteiger partial charge in [0.15, 0.2) is 0 Å². The van der Waals surface area contributed by atoms with Crippen molar-refractivity contribution in [2.24, 2.45) is 5.41 Å². The SMILES string of the molecule is CC12C=CC=CC1SC1=C2c2cccc(N(c3ccccc3)c3cccc4ccccc34)c2C12C1=C(CCC(N(c3ccccc3)c3ccccc3)=C1)c1ccccc12. The molecule has 0 saturated heterocycles. The third kappa shape index (κ3) is 4.89. The van der Waals surface area contributed by atoms with Crippen LogP contribution in [0.1, 0.15) is 42.0 Å². The second kappa shape index (κ2) is 13.2. The Morgan fingerprint density at radius 3 is 1.93 bits per heavy atom.